The third kappa shape index (κ3) is 5.76. The first-order valence-electron chi connectivity index (χ1n) is 7.18. The summed E-state index contributed by atoms with van der Waals surface area (Å²) < 4.78 is 37.3. The lowest BCUT2D eigenvalue weighted by Gasteiger charge is -2.06. The minimum absolute atomic E-state index is 0.280. The maximum atomic E-state index is 12.4. The molecule has 0 bridgehead atoms. The minimum atomic E-state index is -4.40. The molecule has 0 aliphatic rings. The van der Waals surface area contributed by atoms with Crippen LogP contribution in [-0.4, -0.2) is 24.6 Å². The number of nitrogens with zero attached hydrogens (tertiary/aromatic N) is 1. The lowest BCUT2D eigenvalue weighted by Crippen LogP contribution is -2.34. The largest absolute Gasteiger partial charge is 0.416 e. The van der Waals surface area contributed by atoms with Gasteiger partial charge in [0.15, 0.2) is 0 Å². The van der Waals surface area contributed by atoms with Gasteiger partial charge in [-0.15, -0.1) is 0 Å². The van der Waals surface area contributed by atoms with Crippen molar-refractivity contribution in [2.75, 3.05) is 6.54 Å². The highest BCUT2D eigenvalue weighted by Gasteiger charge is 2.29. The van der Waals surface area contributed by atoms with Crippen LogP contribution in [0.1, 0.15) is 21.5 Å². The molecule has 2 amide bonds. The van der Waals surface area contributed by atoms with Crippen molar-refractivity contribution in [1.82, 2.24) is 10.7 Å². The minimum Gasteiger partial charge on any atom is -0.343 e. The molecule has 130 valence electrons. The number of carbonyl (C=O) groups excluding carboxylic acids is 2. The Labute approximate surface area is 141 Å². The standard InChI is InChI=1S/C17H14F3N3O2/c18-17(19,20)14-8-6-12(7-9-14)10-22-23-15(24)11-21-16(25)13-4-2-1-3-5-13/h1-10H,11H2,(H,21,25)(H,23,24)/b22-10+. The van der Waals surface area contributed by atoms with Crippen LogP contribution >= 0.6 is 0 Å². The molecule has 0 saturated heterocycles. The lowest BCUT2D eigenvalue weighted by atomic mass is 10.1. The molecule has 0 saturated carbocycles. The fraction of sp³-hybridized carbons (Fsp3) is 0.118. The Morgan fingerprint density at radius 1 is 1.00 bits per heavy atom. The van der Waals surface area contributed by atoms with Gasteiger partial charge in [0.1, 0.15) is 0 Å². The summed E-state index contributed by atoms with van der Waals surface area (Å²) in [4.78, 5) is 23.3. The Morgan fingerprint density at radius 3 is 2.24 bits per heavy atom. The summed E-state index contributed by atoms with van der Waals surface area (Å²) in [5.41, 5.74) is 2.22. The maximum Gasteiger partial charge on any atom is 0.416 e. The van der Waals surface area contributed by atoms with E-state index in [0.29, 0.717) is 11.1 Å². The highest BCUT2D eigenvalue weighted by atomic mass is 19.4. The van der Waals surface area contributed by atoms with Gasteiger partial charge in [-0.25, -0.2) is 5.43 Å². The van der Waals surface area contributed by atoms with E-state index in [1.54, 1.807) is 30.3 Å². The van der Waals surface area contributed by atoms with Crippen LogP contribution in [0.4, 0.5) is 13.2 Å². The third-order valence-electron chi connectivity index (χ3n) is 3.09. The number of rotatable bonds is 5. The average molecular weight is 349 g/mol. The summed E-state index contributed by atoms with van der Waals surface area (Å²) in [5, 5.41) is 6.05. The first-order valence-corrected chi connectivity index (χ1v) is 7.18. The van der Waals surface area contributed by atoms with Crippen LogP contribution in [-0.2, 0) is 11.0 Å². The number of nitrogens with one attached hydrogen (secondary N) is 2. The van der Waals surface area contributed by atoms with Gasteiger partial charge >= 0.3 is 6.18 Å². The number of hydrogen-bond acceptors (Lipinski definition) is 3. The van der Waals surface area contributed by atoms with Gasteiger partial charge in [0.2, 0.25) is 0 Å². The molecule has 0 unspecified atom stereocenters. The summed E-state index contributed by atoms with van der Waals surface area (Å²) in [6.07, 6.45) is -3.20. The smallest absolute Gasteiger partial charge is 0.343 e. The number of hydrazone groups is 1. The number of carbonyl (C=O) groups is 2. The van der Waals surface area contributed by atoms with Crippen LogP contribution in [0.5, 0.6) is 0 Å². The van der Waals surface area contributed by atoms with Gasteiger partial charge in [-0.05, 0) is 29.8 Å². The quantitative estimate of drug-likeness (QED) is 0.643. The number of hydrogen-bond donors (Lipinski definition) is 2. The number of alkyl halides is 3. The molecule has 0 radical (unpaired) electrons. The number of amides is 2. The molecule has 2 aromatic carbocycles. The zero-order chi connectivity index (χ0) is 18.3. The SMILES string of the molecule is O=C(CNC(=O)c1ccccc1)N/N=C/c1ccc(C(F)(F)F)cc1. The first kappa shape index (κ1) is 18.2. The van der Waals surface area contributed by atoms with E-state index < -0.39 is 23.6 Å². The van der Waals surface area contributed by atoms with E-state index in [2.05, 4.69) is 15.8 Å². The van der Waals surface area contributed by atoms with Gasteiger partial charge in [0, 0.05) is 5.56 Å². The van der Waals surface area contributed by atoms with Crippen molar-refractivity contribution in [3.8, 4) is 0 Å². The second-order valence-corrected chi connectivity index (χ2v) is 4.96. The Hall–Kier alpha value is -3.16. The number of halogens is 3. The molecule has 0 spiro atoms. The molecule has 2 rings (SSSR count). The van der Waals surface area contributed by atoms with Crippen molar-refractivity contribution in [2.24, 2.45) is 5.10 Å². The molecule has 0 fully saturated rings. The molecule has 0 heterocycles. The summed E-state index contributed by atoms with van der Waals surface area (Å²) in [6.45, 7) is -0.280. The maximum absolute atomic E-state index is 12.4. The normalized spacial score (nSPS) is 11.3. The van der Waals surface area contributed by atoms with Crippen molar-refractivity contribution < 1.29 is 22.8 Å². The van der Waals surface area contributed by atoms with E-state index in [-0.39, 0.29) is 6.54 Å². The van der Waals surface area contributed by atoms with Gasteiger partial charge in [0.25, 0.3) is 11.8 Å². The summed E-state index contributed by atoms with van der Waals surface area (Å²) in [7, 11) is 0. The molecule has 0 atom stereocenters. The Bertz CT molecular complexity index is 757. The van der Waals surface area contributed by atoms with E-state index in [4.69, 9.17) is 0 Å². The molecular formula is C17H14F3N3O2. The van der Waals surface area contributed by atoms with Crippen molar-refractivity contribution in [1.29, 1.82) is 0 Å². The van der Waals surface area contributed by atoms with E-state index in [1.807, 2.05) is 0 Å². The van der Waals surface area contributed by atoms with E-state index in [9.17, 15) is 22.8 Å². The van der Waals surface area contributed by atoms with E-state index in [0.717, 1.165) is 12.1 Å². The van der Waals surface area contributed by atoms with Gasteiger partial charge in [-0.3, -0.25) is 9.59 Å². The van der Waals surface area contributed by atoms with Gasteiger partial charge in [-0.1, -0.05) is 30.3 Å². The van der Waals surface area contributed by atoms with Crippen LogP contribution in [0.15, 0.2) is 59.7 Å². The average Bonchev–Trinajstić information content (AvgIpc) is 2.60. The predicted molar refractivity (Wildman–Crippen MR) is 86.0 cm³/mol. The molecule has 8 heteroatoms. The summed E-state index contributed by atoms with van der Waals surface area (Å²) >= 11 is 0. The third-order valence-corrected chi connectivity index (χ3v) is 3.09. The summed E-state index contributed by atoms with van der Waals surface area (Å²) in [6, 6.07) is 12.7. The highest BCUT2D eigenvalue weighted by Crippen LogP contribution is 2.28. The zero-order valence-electron chi connectivity index (χ0n) is 12.9. The van der Waals surface area contributed by atoms with Crippen molar-refractivity contribution in [3.05, 3.63) is 71.3 Å². The Balaban J connectivity index is 1.79. The zero-order valence-corrected chi connectivity index (χ0v) is 12.9. The Morgan fingerprint density at radius 2 is 1.64 bits per heavy atom. The van der Waals surface area contributed by atoms with Crippen LogP contribution in [0.3, 0.4) is 0 Å². The van der Waals surface area contributed by atoms with E-state index in [1.165, 1.54) is 18.3 Å². The molecule has 25 heavy (non-hydrogen) atoms. The monoisotopic (exact) mass is 349 g/mol. The van der Waals surface area contributed by atoms with Crippen molar-refractivity contribution in [2.45, 2.75) is 6.18 Å². The first-order chi connectivity index (χ1) is 11.9. The molecule has 0 aromatic heterocycles. The molecule has 5 nitrogen and oxygen atoms in total. The second kappa shape index (κ2) is 8.09. The van der Waals surface area contributed by atoms with Crippen molar-refractivity contribution >= 4 is 18.0 Å². The van der Waals surface area contributed by atoms with Gasteiger partial charge in [0.05, 0.1) is 18.3 Å². The van der Waals surface area contributed by atoms with Crippen LogP contribution in [0.2, 0.25) is 0 Å². The molecule has 2 aromatic rings. The molecule has 2 N–H and O–H groups in total. The molecular weight excluding hydrogens is 335 g/mol. The van der Waals surface area contributed by atoms with Crippen LogP contribution < -0.4 is 10.7 Å². The second-order valence-electron chi connectivity index (χ2n) is 4.96. The predicted octanol–water partition coefficient (Wildman–Crippen LogP) is 2.59. The highest BCUT2D eigenvalue weighted by molar-refractivity contribution is 5.96. The topological polar surface area (TPSA) is 70.6 Å². The van der Waals surface area contributed by atoms with E-state index >= 15 is 0 Å². The Kier molecular flexibility index (Phi) is 5.89. The molecule has 0 aliphatic carbocycles. The van der Waals surface area contributed by atoms with Crippen LogP contribution in [0.25, 0.3) is 0 Å². The number of benzene rings is 2. The van der Waals surface area contributed by atoms with Gasteiger partial charge in [-0.2, -0.15) is 18.3 Å². The summed E-state index contributed by atoms with van der Waals surface area (Å²) in [5.74, 6) is -0.963. The van der Waals surface area contributed by atoms with Crippen molar-refractivity contribution in [3.63, 3.8) is 0 Å². The van der Waals surface area contributed by atoms with Crippen LogP contribution in [0, 0.1) is 0 Å². The van der Waals surface area contributed by atoms with Gasteiger partial charge < -0.3 is 5.32 Å². The fourth-order valence-electron chi connectivity index (χ4n) is 1.83. The molecule has 0 aliphatic heterocycles. The fourth-order valence-corrected chi connectivity index (χ4v) is 1.83. The lowest BCUT2D eigenvalue weighted by molar-refractivity contribution is -0.137.